The van der Waals surface area contributed by atoms with Crippen LogP contribution in [0.4, 0.5) is 0 Å². The molecule has 0 bridgehead atoms. The van der Waals surface area contributed by atoms with Crippen LogP contribution in [0.25, 0.3) is 0 Å². The van der Waals surface area contributed by atoms with E-state index >= 15 is 0 Å². The second-order valence-corrected chi connectivity index (χ2v) is 5.56. The Balaban J connectivity index is 1.70. The Hall–Kier alpha value is -1.61. The number of nitrogens with one attached hydrogen (secondary N) is 1. The van der Waals surface area contributed by atoms with Gasteiger partial charge >= 0.3 is 0 Å². The van der Waals surface area contributed by atoms with E-state index in [0.29, 0.717) is 23.9 Å². The second kappa shape index (κ2) is 7.99. The van der Waals surface area contributed by atoms with E-state index in [1.54, 1.807) is 18.2 Å². The van der Waals surface area contributed by atoms with Crippen molar-refractivity contribution in [1.82, 2.24) is 10.2 Å². The number of aliphatic hydroxyl groups excluding tert-OH is 1. The normalized spacial score (nSPS) is 18.1. The Labute approximate surface area is 126 Å². The van der Waals surface area contributed by atoms with Crippen LogP contribution in [-0.2, 0) is 0 Å². The Kier molecular flexibility index (Phi) is 6.00. The van der Waals surface area contributed by atoms with Crippen LogP contribution >= 0.6 is 0 Å². The summed E-state index contributed by atoms with van der Waals surface area (Å²) in [6.07, 6.45) is 1.65. The molecule has 1 aliphatic heterocycles. The Morgan fingerprint density at radius 1 is 1.43 bits per heavy atom. The van der Waals surface area contributed by atoms with E-state index < -0.39 is 6.10 Å². The zero-order chi connectivity index (χ0) is 15.1. The summed E-state index contributed by atoms with van der Waals surface area (Å²) in [5, 5.41) is 22.3. The largest absolute Gasteiger partial charge is 0.489 e. The fraction of sp³-hybridized carbons (Fsp3) is 0.562. The van der Waals surface area contributed by atoms with Gasteiger partial charge in [0, 0.05) is 12.6 Å². The van der Waals surface area contributed by atoms with Crippen LogP contribution in [0.2, 0.25) is 0 Å². The second-order valence-electron chi connectivity index (χ2n) is 5.56. The van der Waals surface area contributed by atoms with Crippen molar-refractivity contribution < 1.29 is 9.84 Å². The van der Waals surface area contributed by atoms with Gasteiger partial charge in [0.15, 0.2) is 0 Å². The van der Waals surface area contributed by atoms with Crippen LogP contribution < -0.4 is 10.1 Å². The van der Waals surface area contributed by atoms with Crippen molar-refractivity contribution in [3.8, 4) is 11.8 Å². The van der Waals surface area contributed by atoms with Gasteiger partial charge < -0.3 is 20.1 Å². The van der Waals surface area contributed by atoms with Crippen molar-refractivity contribution in [2.24, 2.45) is 0 Å². The third kappa shape index (κ3) is 5.01. The molecule has 114 valence electrons. The van der Waals surface area contributed by atoms with Gasteiger partial charge in [0.05, 0.1) is 5.56 Å². The van der Waals surface area contributed by atoms with Crippen LogP contribution in [0.1, 0.15) is 18.4 Å². The molecule has 0 radical (unpaired) electrons. The van der Waals surface area contributed by atoms with Crippen LogP contribution in [0, 0.1) is 11.3 Å². The summed E-state index contributed by atoms with van der Waals surface area (Å²) < 4.78 is 5.53. The van der Waals surface area contributed by atoms with Gasteiger partial charge in [0.2, 0.25) is 0 Å². The molecule has 1 aromatic carbocycles. The molecule has 1 aliphatic rings. The van der Waals surface area contributed by atoms with Crippen LogP contribution in [0.3, 0.4) is 0 Å². The van der Waals surface area contributed by atoms with Gasteiger partial charge in [0.1, 0.15) is 24.5 Å². The van der Waals surface area contributed by atoms with E-state index in [9.17, 15) is 5.11 Å². The molecule has 1 fully saturated rings. The first-order valence-electron chi connectivity index (χ1n) is 7.41. The van der Waals surface area contributed by atoms with Crippen molar-refractivity contribution in [2.45, 2.75) is 25.0 Å². The highest BCUT2D eigenvalue weighted by molar-refractivity contribution is 5.42. The fourth-order valence-corrected chi connectivity index (χ4v) is 2.45. The number of hydrogen-bond donors (Lipinski definition) is 2. The number of para-hydroxylation sites is 1. The highest BCUT2D eigenvalue weighted by atomic mass is 16.5. The molecular formula is C16H23N3O2. The minimum atomic E-state index is -0.573. The van der Waals surface area contributed by atoms with Crippen molar-refractivity contribution in [3.63, 3.8) is 0 Å². The lowest BCUT2D eigenvalue weighted by Gasteiger charge is -2.30. The molecule has 5 heteroatoms. The molecule has 2 rings (SSSR count). The third-order valence-electron chi connectivity index (χ3n) is 3.80. The first kappa shape index (κ1) is 15.8. The minimum Gasteiger partial charge on any atom is -0.489 e. The average molecular weight is 289 g/mol. The maximum atomic E-state index is 9.98. The smallest absolute Gasteiger partial charge is 0.137 e. The number of ether oxygens (including phenoxy) is 1. The summed E-state index contributed by atoms with van der Waals surface area (Å²) in [4.78, 5) is 2.32. The first-order chi connectivity index (χ1) is 10.2. The summed E-state index contributed by atoms with van der Waals surface area (Å²) in [6.45, 7) is 2.90. The number of nitrogens with zero attached hydrogens (tertiary/aromatic N) is 2. The number of likely N-dealkylation sites (tertiary alicyclic amines) is 1. The molecule has 1 heterocycles. The maximum absolute atomic E-state index is 9.98. The lowest BCUT2D eigenvalue weighted by atomic mass is 10.1. The molecule has 1 atom stereocenters. The lowest BCUT2D eigenvalue weighted by Crippen LogP contribution is -2.44. The van der Waals surface area contributed by atoms with E-state index in [1.165, 1.54) is 0 Å². The predicted octanol–water partition coefficient (Wildman–Crippen LogP) is 0.982. The number of benzene rings is 1. The quantitative estimate of drug-likeness (QED) is 0.817. The molecule has 0 spiro atoms. The molecular weight excluding hydrogens is 266 g/mol. The topological polar surface area (TPSA) is 68.5 Å². The number of piperidine rings is 1. The Morgan fingerprint density at radius 2 is 2.14 bits per heavy atom. The van der Waals surface area contributed by atoms with E-state index in [1.807, 2.05) is 6.07 Å². The fourth-order valence-electron chi connectivity index (χ4n) is 2.45. The monoisotopic (exact) mass is 289 g/mol. The van der Waals surface area contributed by atoms with Gasteiger partial charge in [-0.05, 0) is 45.1 Å². The van der Waals surface area contributed by atoms with E-state index in [2.05, 4.69) is 23.3 Å². The SMILES string of the molecule is CN1CCC(NCC(O)COc2ccccc2C#N)CC1. The van der Waals surface area contributed by atoms with Crippen LogP contribution in [-0.4, -0.2) is 55.4 Å². The molecule has 1 saturated heterocycles. The number of rotatable bonds is 6. The van der Waals surface area contributed by atoms with Crippen molar-refractivity contribution in [3.05, 3.63) is 29.8 Å². The van der Waals surface area contributed by atoms with Crippen molar-refractivity contribution in [2.75, 3.05) is 33.3 Å². The van der Waals surface area contributed by atoms with E-state index in [0.717, 1.165) is 25.9 Å². The lowest BCUT2D eigenvalue weighted by molar-refractivity contribution is 0.0994. The van der Waals surface area contributed by atoms with Gasteiger partial charge in [-0.15, -0.1) is 0 Å². The average Bonchev–Trinajstić information content (AvgIpc) is 2.52. The minimum absolute atomic E-state index is 0.193. The van der Waals surface area contributed by atoms with Crippen LogP contribution in [0.15, 0.2) is 24.3 Å². The van der Waals surface area contributed by atoms with Gasteiger partial charge in [-0.1, -0.05) is 12.1 Å². The Bertz CT molecular complexity index is 479. The summed E-state index contributed by atoms with van der Waals surface area (Å²) >= 11 is 0. The highest BCUT2D eigenvalue weighted by Crippen LogP contribution is 2.16. The van der Waals surface area contributed by atoms with Crippen molar-refractivity contribution >= 4 is 0 Å². The van der Waals surface area contributed by atoms with E-state index in [4.69, 9.17) is 10.00 Å². The molecule has 21 heavy (non-hydrogen) atoms. The standard InChI is InChI=1S/C16H23N3O2/c1-19-8-6-14(7-9-19)18-11-15(20)12-21-16-5-3-2-4-13(16)10-17/h2-5,14-15,18,20H,6-9,11-12H2,1H3. The molecule has 2 N–H and O–H groups in total. The molecule has 0 aromatic heterocycles. The zero-order valence-corrected chi connectivity index (χ0v) is 12.5. The van der Waals surface area contributed by atoms with Gasteiger partial charge in [0.25, 0.3) is 0 Å². The Morgan fingerprint density at radius 3 is 2.86 bits per heavy atom. The number of hydrogen-bond acceptors (Lipinski definition) is 5. The molecule has 1 aromatic rings. The highest BCUT2D eigenvalue weighted by Gasteiger charge is 2.17. The molecule has 0 amide bonds. The zero-order valence-electron chi connectivity index (χ0n) is 12.5. The maximum Gasteiger partial charge on any atom is 0.137 e. The molecule has 1 unspecified atom stereocenters. The molecule has 0 saturated carbocycles. The number of aliphatic hydroxyl groups is 1. The summed E-state index contributed by atoms with van der Waals surface area (Å²) in [5.41, 5.74) is 0.493. The molecule has 5 nitrogen and oxygen atoms in total. The van der Waals surface area contributed by atoms with Gasteiger partial charge in [-0.25, -0.2) is 0 Å². The third-order valence-corrected chi connectivity index (χ3v) is 3.80. The summed E-state index contributed by atoms with van der Waals surface area (Å²) in [6, 6.07) is 9.62. The predicted molar refractivity (Wildman–Crippen MR) is 81.2 cm³/mol. The van der Waals surface area contributed by atoms with Crippen molar-refractivity contribution in [1.29, 1.82) is 5.26 Å². The van der Waals surface area contributed by atoms with E-state index in [-0.39, 0.29) is 6.61 Å². The summed E-state index contributed by atoms with van der Waals surface area (Å²) in [5.74, 6) is 0.526. The molecule has 0 aliphatic carbocycles. The number of nitriles is 1. The first-order valence-corrected chi connectivity index (χ1v) is 7.41. The van der Waals surface area contributed by atoms with Gasteiger partial charge in [-0.3, -0.25) is 0 Å². The van der Waals surface area contributed by atoms with Gasteiger partial charge in [-0.2, -0.15) is 5.26 Å². The van der Waals surface area contributed by atoms with Crippen LogP contribution in [0.5, 0.6) is 5.75 Å². The summed E-state index contributed by atoms with van der Waals surface area (Å²) in [7, 11) is 2.13.